The summed E-state index contributed by atoms with van der Waals surface area (Å²) in [7, 11) is 0. The van der Waals surface area contributed by atoms with E-state index in [1.165, 1.54) is 0 Å². The van der Waals surface area contributed by atoms with Gasteiger partial charge < -0.3 is 5.32 Å². The maximum Gasteiger partial charge on any atom is 0.250 e. The van der Waals surface area contributed by atoms with Gasteiger partial charge in [-0.1, -0.05) is 27.7 Å². The smallest absolute Gasteiger partial charge is 0.250 e. The highest BCUT2D eigenvalue weighted by Crippen LogP contribution is 2.13. The van der Waals surface area contributed by atoms with Crippen molar-refractivity contribution in [3.05, 3.63) is 0 Å². The van der Waals surface area contributed by atoms with Gasteiger partial charge >= 0.3 is 0 Å². The largest absolute Gasteiger partial charge is 0.309 e. The zero-order valence-electron chi connectivity index (χ0n) is 9.69. The van der Waals surface area contributed by atoms with E-state index >= 15 is 0 Å². The molecule has 86 valence electrons. The first-order valence-corrected chi connectivity index (χ1v) is 5.43. The second-order valence-electron chi connectivity index (χ2n) is 4.76. The molecular formula is C11H23F2N. The minimum atomic E-state index is -2.24. The molecular weight excluding hydrogens is 184 g/mol. The lowest BCUT2D eigenvalue weighted by atomic mass is 9.96. The zero-order valence-corrected chi connectivity index (χ0v) is 9.69. The van der Waals surface area contributed by atoms with Crippen molar-refractivity contribution in [3.8, 4) is 0 Å². The van der Waals surface area contributed by atoms with Gasteiger partial charge in [-0.2, -0.15) is 0 Å². The van der Waals surface area contributed by atoms with E-state index in [2.05, 4.69) is 33.0 Å². The Morgan fingerprint density at radius 2 is 1.36 bits per heavy atom. The predicted octanol–water partition coefficient (Wildman–Crippen LogP) is 3.30. The van der Waals surface area contributed by atoms with Crippen LogP contribution in [0.3, 0.4) is 0 Å². The Balaban J connectivity index is 3.84. The molecule has 0 radical (unpaired) electrons. The average Bonchev–Trinajstić information content (AvgIpc) is 1.97. The van der Waals surface area contributed by atoms with Gasteiger partial charge in [-0.15, -0.1) is 0 Å². The van der Waals surface area contributed by atoms with Crippen LogP contribution in [-0.2, 0) is 0 Å². The van der Waals surface area contributed by atoms with Crippen LogP contribution < -0.4 is 5.32 Å². The van der Waals surface area contributed by atoms with Crippen LogP contribution in [0.2, 0.25) is 0 Å². The molecule has 0 spiro atoms. The van der Waals surface area contributed by atoms with Gasteiger partial charge in [0, 0.05) is 6.04 Å². The van der Waals surface area contributed by atoms with Crippen LogP contribution in [0, 0.1) is 11.8 Å². The van der Waals surface area contributed by atoms with Crippen LogP contribution in [0.5, 0.6) is 0 Å². The van der Waals surface area contributed by atoms with E-state index in [0.29, 0.717) is 11.8 Å². The molecule has 0 aromatic heterocycles. The second kappa shape index (κ2) is 7.16. The number of alkyl halides is 2. The number of hydrogen-bond acceptors (Lipinski definition) is 1. The van der Waals surface area contributed by atoms with Gasteiger partial charge in [0.1, 0.15) is 0 Å². The summed E-state index contributed by atoms with van der Waals surface area (Å²) in [5.41, 5.74) is 0. The lowest BCUT2D eigenvalue weighted by Gasteiger charge is -2.22. The SMILES string of the molecule is CC(C)CC(CC(C)C)NCC(F)F. The molecule has 1 N–H and O–H groups in total. The number of nitrogens with one attached hydrogen (secondary N) is 1. The van der Waals surface area contributed by atoms with Gasteiger partial charge in [-0.05, 0) is 24.7 Å². The van der Waals surface area contributed by atoms with Crippen molar-refractivity contribution in [2.45, 2.75) is 53.0 Å². The molecule has 0 aliphatic rings. The van der Waals surface area contributed by atoms with E-state index in [1.807, 2.05) is 0 Å². The molecule has 0 saturated carbocycles. The second-order valence-corrected chi connectivity index (χ2v) is 4.76. The Labute approximate surface area is 86.3 Å². The monoisotopic (exact) mass is 207 g/mol. The summed E-state index contributed by atoms with van der Waals surface area (Å²) >= 11 is 0. The Bertz CT molecular complexity index is 125. The fourth-order valence-corrected chi connectivity index (χ4v) is 1.66. The van der Waals surface area contributed by atoms with Crippen LogP contribution in [0.15, 0.2) is 0 Å². The molecule has 0 aromatic rings. The van der Waals surface area contributed by atoms with Gasteiger partial charge in [0.2, 0.25) is 0 Å². The molecule has 0 amide bonds. The van der Waals surface area contributed by atoms with Crippen LogP contribution in [0.4, 0.5) is 8.78 Å². The van der Waals surface area contributed by atoms with Crippen molar-refractivity contribution in [2.24, 2.45) is 11.8 Å². The van der Waals surface area contributed by atoms with Gasteiger partial charge in [0.15, 0.2) is 0 Å². The summed E-state index contributed by atoms with van der Waals surface area (Å²) in [6.07, 6.45) is -0.285. The van der Waals surface area contributed by atoms with Gasteiger partial charge in [0.05, 0.1) is 6.54 Å². The van der Waals surface area contributed by atoms with E-state index in [0.717, 1.165) is 12.8 Å². The third-order valence-corrected chi connectivity index (χ3v) is 2.07. The third-order valence-electron chi connectivity index (χ3n) is 2.07. The fourth-order valence-electron chi connectivity index (χ4n) is 1.66. The Morgan fingerprint density at radius 1 is 0.929 bits per heavy atom. The van der Waals surface area contributed by atoms with Gasteiger partial charge in [-0.3, -0.25) is 0 Å². The third kappa shape index (κ3) is 8.42. The summed E-state index contributed by atoms with van der Waals surface area (Å²) in [6.45, 7) is 8.31. The number of halogens is 2. The highest BCUT2D eigenvalue weighted by atomic mass is 19.3. The molecule has 0 bridgehead atoms. The van der Waals surface area contributed by atoms with E-state index in [-0.39, 0.29) is 12.6 Å². The normalized spacial score (nSPS) is 12.4. The molecule has 0 aliphatic heterocycles. The minimum Gasteiger partial charge on any atom is -0.309 e. The van der Waals surface area contributed by atoms with Crippen molar-refractivity contribution in [1.29, 1.82) is 0 Å². The van der Waals surface area contributed by atoms with Crippen LogP contribution >= 0.6 is 0 Å². The van der Waals surface area contributed by atoms with Crippen molar-refractivity contribution in [3.63, 3.8) is 0 Å². The van der Waals surface area contributed by atoms with E-state index in [9.17, 15) is 8.78 Å². The lowest BCUT2D eigenvalue weighted by molar-refractivity contribution is 0.137. The zero-order chi connectivity index (χ0) is 11.1. The number of hydrogen-bond donors (Lipinski definition) is 1. The first-order valence-electron chi connectivity index (χ1n) is 5.43. The van der Waals surface area contributed by atoms with Crippen molar-refractivity contribution in [1.82, 2.24) is 5.32 Å². The summed E-state index contributed by atoms with van der Waals surface area (Å²) < 4.78 is 24.0. The summed E-state index contributed by atoms with van der Waals surface area (Å²) in [6, 6.07) is 0.240. The lowest BCUT2D eigenvalue weighted by Crippen LogP contribution is -2.35. The summed E-state index contributed by atoms with van der Waals surface area (Å²) in [5.74, 6) is 1.12. The molecule has 0 unspecified atom stereocenters. The number of rotatable bonds is 7. The van der Waals surface area contributed by atoms with Gasteiger partial charge in [0.25, 0.3) is 6.43 Å². The molecule has 0 saturated heterocycles. The highest BCUT2D eigenvalue weighted by molar-refractivity contribution is 4.70. The topological polar surface area (TPSA) is 12.0 Å². The minimum absolute atomic E-state index is 0.176. The maximum atomic E-state index is 12.0. The summed E-state index contributed by atoms with van der Waals surface area (Å²) in [4.78, 5) is 0. The maximum absolute atomic E-state index is 12.0. The Hall–Kier alpha value is -0.180. The van der Waals surface area contributed by atoms with Crippen LogP contribution in [0.25, 0.3) is 0 Å². The fraction of sp³-hybridized carbons (Fsp3) is 1.00. The standard InChI is InChI=1S/C11H23F2N/c1-8(2)5-10(6-9(3)4)14-7-11(12)13/h8-11,14H,5-7H2,1-4H3. The van der Waals surface area contributed by atoms with E-state index in [1.54, 1.807) is 0 Å². The molecule has 0 heterocycles. The molecule has 0 aromatic carbocycles. The first kappa shape index (κ1) is 13.8. The van der Waals surface area contributed by atoms with Crippen molar-refractivity contribution >= 4 is 0 Å². The molecule has 0 atom stereocenters. The molecule has 0 fully saturated rings. The quantitative estimate of drug-likeness (QED) is 0.675. The highest BCUT2D eigenvalue weighted by Gasteiger charge is 2.14. The average molecular weight is 207 g/mol. The van der Waals surface area contributed by atoms with E-state index in [4.69, 9.17) is 0 Å². The van der Waals surface area contributed by atoms with E-state index < -0.39 is 6.43 Å². The van der Waals surface area contributed by atoms with Crippen molar-refractivity contribution in [2.75, 3.05) is 6.54 Å². The molecule has 0 rings (SSSR count). The molecule has 14 heavy (non-hydrogen) atoms. The predicted molar refractivity (Wildman–Crippen MR) is 56.7 cm³/mol. The summed E-state index contributed by atoms with van der Waals surface area (Å²) in [5, 5.41) is 2.93. The van der Waals surface area contributed by atoms with Crippen LogP contribution in [-0.4, -0.2) is 19.0 Å². The van der Waals surface area contributed by atoms with Crippen LogP contribution in [0.1, 0.15) is 40.5 Å². The molecule has 1 nitrogen and oxygen atoms in total. The van der Waals surface area contributed by atoms with Crippen molar-refractivity contribution < 1.29 is 8.78 Å². The molecule has 0 aliphatic carbocycles. The first-order chi connectivity index (χ1) is 6.41. The Morgan fingerprint density at radius 3 is 1.64 bits per heavy atom. The van der Waals surface area contributed by atoms with Gasteiger partial charge in [-0.25, -0.2) is 8.78 Å². The Kier molecular flexibility index (Phi) is 7.06. The molecule has 3 heteroatoms.